The van der Waals surface area contributed by atoms with Gasteiger partial charge in [0.15, 0.2) is 0 Å². The standard InChI is InChI=1S/C13H17NO3/c1-2-16-13(15)11-7-10(14)5-6-12(11)17-8-9-3-4-9/h5-7,9H,2-4,8,14H2,1H3. The van der Waals surface area contributed by atoms with Crippen LogP contribution in [0.3, 0.4) is 0 Å². The maximum atomic E-state index is 11.7. The Morgan fingerprint density at radius 1 is 1.47 bits per heavy atom. The minimum atomic E-state index is -0.384. The first-order valence-corrected chi connectivity index (χ1v) is 5.90. The molecule has 17 heavy (non-hydrogen) atoms. The topological polar surface area (TPSA) is 61.5 Å². The predicted octanol–water partition coefficient (Wildman–Crippen LogP) is 2.23. The molecule has 0 unspecified atom stereocenters. The maximum Gasteiger partial charge on any atom is 0.341 e. The number of esters is 1. The minimum absolute atomic E-state index is 0.343. The van der Waals surface area contributed by atoms with E-state index in [2.05, 4.69) is 0 Å². The molecule has 0 spiro atoms. The molecule has 0 amide bonds. The number of hydrogen-bond acceptors (Lipinski definition) is 4. The number of ether oxygens (including phenoxy) is 2. The highest BCUT2D eigenvalue weighted by molar-refractivity contribution is 5.93. The number of rotatable bonds is 5. The molecule has 0 saturated heterocycles. The summed E-state index contributed by atoms with van der Waals surface area (Å²) in [5.74, 6) is 0.817. The van der Waals surface area contributed by atoms with Gasteiger partial charge in [0.05, 0.1) is 13.2 Å². The Hall–Kier alpha value is -1.71. The lowest BCUT2D eigenvalue weighted by molar-refractivity contribution is 0.0521. The average Bonchev–Trinajstić information content (AvgIpc) is 3.11. The molecule has 92 valence electrons. The first kappa shape index (κ1) is 11.8. The first-order chi connectivity index (χ1) is 8.20. The van der Waals surface area contributed by atoms with Gasteiger partial charge in [-0.3, -0.25) is 0 Å². The summed E-state index contributed by atoms with van der Waals surface area (Å²) in [6.45, 7) is 2.78. The average molecular weight is 235 g/mol. The van der Waals surface area contributed by atoms with Gasteiger partial charge in [0.2, 0.25) is 0 Å². The molecule has 0 radical (unpaired) electrons. The molecule has 0 aliphatic heterocycles. The number of nitrogens with two attached hydrogens (primary N) is 1. The van der Waals surface area contributed by atoms with Crippen LogP contribution in [-0.4, -0.2) is 19.2 Å². The van der Waals surface area contributed by atoms with Crippen LogP contribution < -0.4 is 10.5 Å². The second-order valence-corrected chi connectivity index (χ2v) is 4.23. The van der Waals surface area contributed by atoms with Crippen LogP contribution in [0.1, 0.15) is 30.1 Å². The molecule has 1 aromatic carbocycles. The van der Waals surface area contributed by atoms with Gasteiger partial charge in [-0.25, -0.2) is 4.79 Å². The molecular weight excluding hydrogens is 218 g/mol. The number of anilines is 1. The summed E-state index contributed by atoms with van der Waals surface area (Å²) in [6, 6.07) is 5.05. The monoisotopic (exact) mass is 235 g/mol. The molecule has 4 nitrogen and oxygen atoms in total. The van der Waals surface area contributed by atoms with Crippen molar-refractivity contribution in [3.8, 4) is 5.75 Å². The van der Waals surface area contributed by atoms with Crippen LogP contribution in [0.2, 0.25) is 0 Å². The predicted molar refractivity (Wildman–Crippen MR) is 65.0 cm³/mol. The third kappa shape index (κ3) is 3.12. The Morgan fingerprint density at radius 2 is 2.24 bits per heavy atom. The Bertz CT molecular complexity index is 413. The molecule has 1 fully saturated rings. The molecule has 0 atom stereocenters. The van der Waals surface area contributed by atoms with Crippen molar-refractivity contribution in [3.05, 3.63) is 23.8 Å². The molecule has 0 heterocycles. The van der Waals surface area contributed by atoms with Crippen LogP contribution in [0.25, 0.3) is 0 Å². The molecule has 1 aliphatic rings. The molecule has 1 aliphatic carbocycles. The Morgan fingerprint density at radius 3 is 2.88 bits per heavy atom. The van der Waals surface area contributed by atoms with Gasteiger partial charge in [0.25, 0.3) is 0 Å². The van der Waals surface area contributed by atoms with Crippen LogP contribution >= 0.6 is 0 Å². The third-order valence-electron chi connectivity index (χ3n) is 2.67. The number of hydrogen-bond donors (Lipinski definition) is 1. The summed E-state index contributed by atoms with van der Waals surface area (Å²) >= 11 is 0. The molecular formula is C13H17NO3. The quantitative estimate of drug-likeness (QED) is 0.628. The smallest absolute Gasteiger partial charge is 0.341 e. The van der Waals surface area contributed by atoms with E-state index in [-0.39, 0.29) is 5.97 Å². The van der Waals surface area contributed by atoms with Crippen LogP contribution in [0.5, 0.6) is 5.75 Å². The zero-order valence-electron chi connectivity index (χ0n) is 9.94. The van der Waals surface area contributed by atoms with Crippen molar-refractivity contribution in [2.45, 2.75) is 19.8 Å². The van der Waals surface area contributed by atoms with Crippen molar-refractivity contribution >= 4 is 11.7 Å². The SMILES string of the molecule is CCOC(=O)c1cc(N)ccc1OCC1CC1. The second-order valence-electron chi connectivity index (χ2n) is 4.23. The van der Waals surface area contributed by atoms with Gasteiger partial charge in [-0.15, -0.1) is 0 Å². The Labute approximate surface area is 101 Å². The summed E-state index contributed by atoms with van der Waals surface area (Å²) in [6.07, 6.45) is 2.42. The summed E-state index contributed by atoms with van der Waals surface area (Å²) in [4.78, 5) is 11.7. The number of benzene rings is 1. The number of carbonyl (C=O) groups is 1. The molecule has 4 heteroatoms. The fraction of sp³-hybridized carbons (Fsp3) is 0.462. The highest BCUT2D eigenvalue weighted by Crippen LogP contribution is 2.31. The number of carbonyl (C=O) groups excluding carboxylic acids is 1. The van der Waals surface area contributed by atoms with Gasteiger partial charge < -0.3 is 15.2 Å². The van der Waals surface area contributed by atoms with Gasteiger partial charge >= 0.3 is 5.97 Å². The zero-order valence-corrected chi connectivity index (χ0v) is 9.94. The molecule has 2 N–H and O–H groups in total. The van der Waals surface area contributed by atoms with Gasteiger partial charge in [0.1, 0.15) is 11.3 Å². The molecule has 0 aromatic heterocycles. The van der Waals surface area contributed by atoms with Crippen molar-refractivity contribution in [3.63, 3.8) is 0 Å². The summed E-state index contributed by atoms with van der Waals surface area (Å²) in [5.41, 5.74) is 6.61. The molecule has 1 saturated carbocycles. The van der Waals surface area contributed by atoms with E-state index in [1.54, 1.807) is 25.1 Å². The molecule has 1 aromatic rings. The maximum absolute atomic E-state index is 11.7. The Balaban J connectivity index is 2.13. The first-order valence-electron chi connectivity index (χ1n) is 5.90. The lowest BCUT2D eigenvalue weighted by Crippen LogP contribution is -2.09. The van der Waals surface area contributed by atoms with Crippen LogP contribution in [0.15, 0.2) is 18.2 Å². The van der Waals surface area contributed by atoms with Crippen LogP contribution in [0.4, 0.5) is 5.69 Å². The van der Waals surface area contributed by atoms with Gasteiger partial charge in [-0.1, -0.05) is 0 Å². The summed E-state index contributed by atoms with van der Waals surface area (Å²) in [5, 5.41) is 0. The van der Waals surface area contributed by atoms with Gasteiger partial charge in [-0.2, -0.15) is 0 Å². The van der Waals surface area contributed by atoms with E-state index in [0.29, 0.717) is 36.1 Å². The van der Waals surface area contributed by atoms with Crippen LogP contribution in [0, 0.1) is 5.92 Å². The second kappa shape index (κ2) is 5.08. The van der Waals surface area contributed by atoms with Crippen molar-refractivity contribution in [1.29, 1.82) is 0 Å². The largest absolute Gasteiger partial charge is 0.492 e. The highest BCUT2D eigenvalue weighted by Gasteiger charge is 2.23. The van der Waals surface area contributed by atoms with E-state index in [9.17, 15) is 4.79 Å². The zero-order chi connectivity index (χ0) is 12.3. The van der Waals surface area contributed by atoms with E-state index in [4.69, 9.17) is 15.2 Å². The van der Waals surface area contributed by atoms with Crippen LogP contribution in [-0.2, 0) is 4.74 Å². The molecule has 2 rings (SSSR count). The normalized spacial score (nSPS) is 14.4. The summed E-state index contributed by atoms with van der Waals surface area (Å²) < 4.78 is 10.6. The molecule has 0 bridgehead atoms. The highest BCUT2D eigenvalue weighted by atomic mass is 16.5. The lowest BCUT2D eigenvalue weighted by Gasteiger charge is -2.11. The Kier molecular flexibility index (Phi) is 3.52. The third-order valence-corrected chi connectivity index (χ3v) is 2.67. The van der Waals surface area contributed by atoms with Crippen molar-refractivity contribution < 1.29 is 14.3 Å². The van der Waals surface area contributed by atoms with Gasteiger partial charge in [-0.05, 0) is 43.9 Å². The van der Waals surface area contributed by atoms with E-state index >= 15 is 0 Å². The van der Waals surface area contributed by atoms with Crippen molar-refractivity contribution in [1.82, 2.24) is 0 Å². The van der Waals surface area contributed by atoms with E-state index in [1.165, 1.54) is 12.8 Å². The van der Waals surface area contributed by atoms with Crippen molar-refractivity contribution in [2.24, 2.45) is 5.92 Å². The fourth-order valence-electron chi connectivity index (χ4n) is 1.53. The summed E-state index contributed by atoms with van der Waals surface area (Å²) in [7, 11) is 0. The lowest BCUT2D eigenvalue weighted by atomic mass is 10.2. The van der Waals surface area contributed by atoms with E-state index in [1.807, 2.05) is 0 Å². The minimum Gasteiger partial charge on any atom is -0.492 e. The van der Waals surface area contributed by atoms with Gasteiger partial charge in [0, 0.05) is 5.69 Å². The van der Waals surface area contributed by atoms with E-state index in [0.717, 1.165) is 0 Å². The van der Waals surface area contributed by atoms with Crippen molar-refractivity contribution in [2.75, 3.05) is 18.9 Å². The number of nitrogen functional groups attached to an aromatic ring is 1. The van der Waals surface area contributed by atoms with E-state index < -0.39 is 0 Å². The fourth-order valence-corrected chi connectivity index (χ4v) is 1.53.